The van der Waals surface area contributed by atoms with Crippen LogP contribution in [0.4, 0.5) is 0 Å². The van der Waals surface area contributed by atoms with E-state index in [0.717, 1.165) is 71.8 Å². The summed E-state index contributed by atoms with van der Waals surface area (Å²) < 4.78 is 12.4. The topological polar surface area (TPSA) is 82.1 Å². The minimum atomic E-state index is 0.199. The van der Waals surface area contributed by atoms with Crippen LogP contribution in [0, 0.1) is 6.92 Å². The number of aryl methyl sites for hydroxylation is 2. The Labute approximate surface area is 230 Å². The highest BCUT2D eigenvalue weighted by Gasteiger charge is 2.32. The number of piperazine rings is 1. The molecule has 0 radical (unpaired) electrons. The van der Waals surface area contributed by atoms with Gasteiger partial charge in [0.2, 0.25) is 0 Å². The summed E-state index contributed by atoms with van der Waals surface area (Å²) >= 11 is 0. The summed E-state index contributed by atoms with van der Waals surface area (Å²) in [5.41, 5.74) is 5.33. The van der Waals surface area contributed by atoms with Gasteiger partial charge in [-0.2, -0.15) is 10.2 Å². The van der Waals surface area contributed by atoms with Crippen molar-refractivity contribution in [3.05, 3.63) is 42.1 Å². The van der Waals surface area contributed by atoms with Crippen molar-refractivity contribution in [1.82, 2.24) is 43.9 Å². The normalized spacial score (nSPS) is 18.3. The highest BCUT2D eigenvalue weighted by atomic mass is 16.5. The van der Waals surface area contributed by atoms with Crippen LogP contribution >= 0.6 is 0 Å². The van der Waals surface area contributed by atoms with Crippen LogP contribution < -0.4 is 4.74 Å². The standard InChI is InChI=1S/C29H39N9O/c1-18(2)36-11-10-34(6)25(17-36)27-23(15-30-35(27)7)21-8-9-22-26(14-21)39-13-12-37-16-24(32-28(22)37)29-31-20(5)33-38(29)19(3)4/h8-9,14-16,18-19,25H,10-13,17H2,1-7H3. The van der Waals surface area contributed by atoms with Gasteiger partial charge in [0.25, 0.3) is 0 Å². The number of likely N-dealkylation sites (N-methyl/N-ethyl adjacent to an activating group) is 1. The van der Waals surface area contributed by atoms with Gasteiger partial charge in [-0.3, -0.25) is 14.5 Å². The first kappa shape index (κ1) is 25.8. The summed E-state index contributed by atoms with van der Waals surface area (Å²) in [6.45, 7) is 15.1. The lowest BCUT2D eigenvalue weighted by Gasteiger charge is -2.41. The van der Waals surface area contributed by atoms with Crippen molar-refractivity contribution < 1.29 is 4.74 Å². The zero-order valence-electron chi connectivity index (χ0n) is 24.1. The second-order valence-corrected chi connectivity index (χ2v) is 11.4. The van der Waals surface area contributed by atoms with E-state index >= 15 is 0 Å². The fraction of sp³-hybridized carbons (Fsp3) is 0.517. The van der Waals surface area contributed by atoms with Crippen molar-refractivity contribution in [2.45, 2.75) is 59.3 Å². The van der Waals surface area contributed by atoms with Crippen molar-refractivity contribution in [3.8, 4) is 39.8 Å². The molecule has 0 aliphatic carbocycles. The number of aromatic nitrogens is 7. The summed E-state index contributed by atoms with van der Waals surface area (Å²) in [5, 5.41) is 9.29. The molecule has 1 unspecified atom stereocenters. The molecule has 0 amide bonds. The second-order valence-electron chi connectivity index (χ2n) is 11.4. The number of rotatable bonds is 5. The minimum absolute atomic E-state index is 0.199. The molecular formula is C29H39N9O. The molecule has 1 saturated heterocycles. The number of fused-ring (bicyclic) bond motifs is 3. The Morgan fingerprint density at radius 3 is 2.54 bits per heavy atom. The van der Waals surface area contributed by atoms with Crippen LogP contribution in [0.25, 0.3) is 34.0 Å². The maximum atomic E-state index is 6.29. The van der Waals surface area contributed by atoms with Crippen LogP contribution in [0.1, 0.15) is 51.3 Å². The monoisotopic (exact) mass is 529 g/mol. The predicted molar refractivity (Wildman–Crippen MR) is 152 cm³/mol. The molecule has 1 atom stereocenters. The van der Waals surface area contributed by atoms with Crippen molar-refractivity contribution in [2.75, 3.05) is 33.3 Å². The van der Waals surface area contributed by atoms with E-state index in [-0.39, 0.29) is 12.1 Å². The molecule has 5 heterocycles. The average Bonchev–Trinajstić information content (AvgIpc) is 3.58. The lowest BCUT2D eigenvalue weighted by atomic mass is 9.97. The predicted octanol–water partition coefficient (Wildman–Crippen LogP) is 4.19. The third kappa shape index (κ3) is 4.55. The van der Waals surface area contributed by atoms with Crippen LogP contribution in [0.15, 0.2) is 30.6 Å². The molecule has 10 heteroatoms. The van der Waals surface area contributed by atoms with E-state index in [1.807, 2.05) is 22.5 Å². The molecule has 3 aromatic heterocycles. The highest BCUT2D eigenvalue weighted by molar-refractivity contribution is 5.76. The summed E-state index contributed by atoms with van der Waals surface area (Å²) in [5.74, 6) is 3.29. The Kier molecular flexibility index (Phi) is 6.55. The number of hydrogen-bond donors (Lipinski definition) is 0. The van der Waals surface area contributed by atoms with Gasteiger partial charge >= 0.3 is 0 Å². The molecule has 0 saturated carbocycles. The Bertz CT molecular complexity index is 1490. The van der Waals surface area contributed by atoms with Gasteiger partial charge in [-0.1, -0.05) is 6.07 Å². The maximum absolute atomic E-state index is 6.29. The minimum Gasteiger partial charge on any atom is -0.491 e. The molecule has 0 bridgehead atoms. The zero-order chi connectivity index (χ0) is 27.4. The molecule has 39 heavy (non-hydrogen) atoms. The van der Waals surface area contributed by atoms with Gasteiger partial charge in [-0.25, -0.2) is 14.6 Å². The Hall–Kier alpha value is -3.50. The van der Waals surface area contributed by atoms with Crippen molar-refractivity contribution in [1.29, 1.82) is 0 Å². The Morgan fingerprint density at radius 1 is 0.949 bits per heavy atom. The van der Waals surface area contributed by atoms with E-state index in [4.69, 9.17) is 14.8 Å². The number of nitrogens with zero attached hydrogens (tertiary/aromatic N) is 9. The molecule has 1 fully saturated rings. The summed E-state index contributed by atoms with van der Waals surface area (Å²) in [4.78, 5) is 14.7. The molecule has 4 aromatic rings. The Morgan fingerprint density at radius 2 is 1.77 bits per heavy atom. The molecule has 206 valence electrons. The quantitative estimate of drug-likeness (QED) is 0.383. The van der Waals surface area contributed by atoms with E-state index < -0.39 is 0 Å². The van der Waals surface area contributed by atoms with Gasteiger partial charge in [0.1, 0.15) is 29.7 Å². The molecule has 2 aliphatic rings. The number of ether oxygens (including phenoxy) is 1. The second kappa shape index (κ2) is 9.91. The van der Waals surface area contributed by atoms with E-state index in [1.165, 1.54) is 5.69 Å². The van der Waals surface area contributed by atoms with Gasteiger partial charge in [-0.15, -0.1) is 0 Å². The van der Waals surface area contributed by atoms with E-state index in [2.05, 4.69) is 90.6 Å². The van der Waals surface area contributed by atoms with Crippen molar-refractivity contribution in [2.24, 2.45) is 7.05 Å². The van der Waals surface area contributed by atoms with Gasteiger partial charge < -0.3 is 9.30 Å². The van der Waals surface area contributed by atoms with Gasteiger partial charge in [0, 0.05) is 50.5 Å². The smallest absolute Gasteiger partial charge is 0.178 e. The molecule has 6 rings (SSSR count). The van der Waals surface area contributed by atoms with Gasteiger partial charge in [0.05, 0.1) is 30.0 Å². The molecule has 2 aliphatic heterocycles. The fourth-order valence-electron chi connectivity index (χ4n) is 5.85. The van der Waals surface area contributed by atoms with Crippen LogP contribution in [0.3, 0.4) is 0 Å². The highest BCUT2D eigenvalue weighted by Crippen LogP contribution is 2.39. The number of benzene rings is 1. The van der Waals surface area contributed by atoms with Crippen LogP contribution in [-0.4, -0.2) is 83.2 Å². The third-order valence-corrected chi connectivity index (χ3v) is 8.07. The van der Waals surface area contributed by atoms with Crippen LogP contribution in [0.2, 0.25) is 0 Å². The average molecular weight is 530 g/mol. The molecule has 0 spiro atoms. The molecule has 0 N–H and O–H groups in total. The first-order chi connectivity index (χ1) is 18.7. The largest absolute Gasteiger partial charge is 0.491 e. The van der Waals surface area contributed by atoms with E-state index in [0.29, 0.717) is 12.6 Å². The molecule has 10 nitrogen and oxygen atoms in total. The van der Waals surface area contributed by atoms with Gasteiger partial charge in [-0.05, 0) is 59.4 Å². The number of hydrogen-bond acceptors (Lipinski definition) is 7. The molecular weight excluding hydrogens is 490 g/mol. The zero-order valence-corrected chi connectivity index (χ0v) is 24.1. The SMILES string of the molecule is Cc1nc(-c2cn3c(n2)-c2ccc(-c4cnn(C)c4C4CN(C(C)C)CCN4C)cc2OCC3)n(C(C)C)n1. The van der Waals surface area contributed by atoms with Crippen molar-refractivity contribution in [3.63, 3.8) is 0 Å². The van der Waals surface area contributed by atoms with Crippen molar-refractivity contribution >= 4 is 0 Å². The summed E-state index contributed by atoms with van der Waals surface area (Å²) in [6.07, 6.45) is 4.07. The first-order valence-electron chi connectivity index (χ1n) is 14.0. The molecule has 1 aromatic carbocycles. The summed E-state index contributed by atoms with van der Waals surface area (Å²) in [6, 6.07) is 7.46. The van der Waals surface area contributed by atoms with Crippen LogP contribution in [0.5, 0.6) is 5.75 Å². The Balaban J connectivity index is 1.38. The maximum Gasteiger partial charge on any atom is 0.178 e. The lowest BCUT2D eigenvalue weighted by molar-refractivity contribution is 0.0709. The fourth-order valence-corrected chi connectivity index (χ4v) is 5.85. The van der Waals surface area contributed by atoms with E-state index in [9.17, 15) is 0 Å². The first-order valence-corrected chi connectivity index (χ1v) is 14.0. The number of imidazole rings is 1. The summed E-state index contributed by atoms with van der Waals surface area (Å²) in [7, 11) is 4.27. The van der Waals surface area contributed by atoms with E-state index in [1.54, 1.807) is 0 Å². The third-order valence-electron chi connectivity index (χ3n) is 8.07. The lowest BCUT2D eigenvalue weighted by Crippen LogP contribution is -2.49. The van der Waals surface area contributed by atoms with Gasteiger partial charge in [0.15, 0.2) is 5.82 Å². The van der Waals surface area contributed by atoms with Crippen LogP contribution in [-0.2, 0) is 13.6 Å².